The third-order valence-corrected chi connectivity index (χ3v) is 3.22. The van der Waals surface area contributed by atoms with Gasteiger partial charge in [0.15, 0.2) is 4.32 Å². The van der Waals surface area contributed by atoms with Crippen LogP contribution in [0.4, 0.5) is 0 Å². The van der Waals surface area contributed by atoms with E-state index < -0.39 is 5.97 Å². The molecule has 16 heavy (non-hydrogen) atoms. The molecule has 4 nitrogen and oxygen atoms in total. The molecule has 1 fully saturated rings. The molecule has 0 N–H and O–H groups in total. The second-order valence-corrected chi connectivity index (χ2v) is 4.60. The Kier molecular flexibility index (Phi) is 3.21. The zero-order valence-corrected chi connectivity index (χ0v) is 9.72. The SMILES string of the molecule is O=C(ON1C(=O)CSC1=S)c1ccccc1. The predicted molar refractivity (Wildman–Crippen MR) is 63.8 cm³/mol. The number of nitrogens with zero attached hydrogens (tertiary/aromatic N) is 1. The van der Waals surface area contributed by atoms with Crippen LogP contribution in [0.25, 0.3) is 0 Å². The first-order valence-corrected chi connectivity index (χ1v) is 5.85. The fourth-order valence-corrected chi connectivity index (χ4v) is 2.08. The quantitative estimate of drug-likeness (QED) is 0.749. The summed E-state index contributed by atoms with van der Waals surface area (Å²) in [5.74, 6) is -0.668. The zero-order valence-electron chi connectivity index (χ0n) is 8.08. The predicted octanol–water partition coefficient (Wildman–Crippen LogP) is 1.62. The molecule has 0 aliphatic carbocycles. The van der Waals surface area contributed by atoms with Gasteiger partial charge in [-0.25, -0.2) is 4.79 Å². The molecule has 0 spiro atoms. The van der Waals surface area contributed by atoms with E-state index in [9.17, 15) is 9.59 Å². The van der Waals surface area contributed by atoms with E-state index in [-0.39, 0.29) is 16.0 Å². The normalized spacial score (nSPS) is 15.4. The van der Waals surface area contributed by atoms with Crippen molar-refractivity contribution in [1.82, 2.24) is 5.06 Å². The first-order chi connectivity index (χ1) is 7.68. The Bertz CT molecular complexity index is 431. The summed E-state index contributed by atoms with van der Waals surface area (Å²) in [5.41, 5.74) is 0.384. The summed E-state index contributed by atoms with van der Waals surface area (Å²) in [6.45, 7) is 0. The van der Waals surface area contributed by atoms with E-state index in [1.54, 1.807) is 30.3 Å². The van der Waals surface area contributed by atoms with Crippen LogP contribution in [0.5, 0.6) is 0 Å². The second kappa shape index (κ2) is 4.63. The standard InChI is InChI=1S/C10H7NO3S2/c12-8-6-16-10(15)11(8)14-9(13)7-4-2-1-3-5-7/h1-5H,6H2. The van der Waals surface area contributed by atoms with Gasteiger partial charge in [0.2, 0.25) is 0 Å². The summed E-state index contributed by atoms with van der Waals surface area (Å²) in [7, 11) is 0. The van der Waals surface area contributed by atoms with E-state index in [2.05, 4.69) is 0 Å². The number of hydrogen-bond acceptors (Lipinski definition) is 5. The Morgan fingerprint density at radius 2 is 2.06 bits per heavy atom. The van der Waals surface area contributed by atoms with E-state index in [1.807, 2.05) is 0 Å². The Labute approximate surface area is 102 Å². The number of carbonyl (C=O) groups is 2. The summed E-state index contributed by atoms with van der Waals surface area (Å²) in [4.78, 5) is 27.8. The number of amides is 1. The summed E-state index contributed by atoms with van der Waals surface area (Å²) >= 11 is 6.06. The lowest BCUT2D eigenvalue weighted by molar-refractivity contribution is -0.146. The summed E-state index contributed by atoms with van der Waals surface area (Å²) in [6, 6.07) is 8.45. The van der Waals surface area contributed by atoms with Crippen molar-refractivity contribution in [2.75, 3.05) is 5.75 Å². The molecule has 2 rings (SSSR count). The topological polar surface area (TPSA) is 46.6 Å². The minimum absolute atomic E-state index is 0.223. The molecule has 0 saturated carbocycles. The van der Waals surface area contributed by atoms with E-state index in [0.717, 1.165) is 5.06 Å². The lowest BCUT2D eigenvalue weighted by atomic mass is 10.2. The molecule has 1 aromatic carbocycles. The molecule has 0 aromatic heterocycles. The fraction of sp³-hybridized carbons (Fsp3) is 0.100. The zero-order chi connectivity index (χ0) is 11.5. The molecule has 1 aliphatic heterocycles. The first kappa shape index (κ1) is 11.1. The first-order valence-electron chi connectivity index (χ1n) is 4.45. The third-order valence-electron chi connectivity index (χ3n) is 1.90. The number of thiocarbonyl (C=S) groups is 1. The van der Waals surface area contributed by atoms with Gasteiger partial charge < -0.3 is 4.84 Å². The van der Waals surface area contributed by atoms with E-state index >= 15 is 0 Å². The summed E-state index contributed by atoms with van der Waals surface area (Å²) < 4.78 is 0.272. The van der Waals surface area contributed by atoms with E-state index in [4.69, 9.17) is 17.1 Å². The molecule has 0 bridgehead atoms. The lowest BCUT2D eigenvalue weighted by Gasteiger charge is -2.13. The Morgan fingerprint density at radius 1 is 1.38 bits per heavy atom. The average molecular weight is 253 g/mol. The van der Waals surface area contributed by atoms with Gasteiger partial charge in [-0.05, 0) is 24.4 Å². The molecule has 1 saturated heterocycles. The lowest BCUT2D eigenvalue weighted by Crippen LogP contribution is -2.31. The molecule has 6 heteroatoms. The van der Waals surface area contributed by atoms with Crippen molar-refractivity contribution >= 4 is 40.2 Å². The van der Waals surface area contributed by atoms with Crippen molar-refractivity contribution in [3.05, 3.63) is 35.9 Å². The minimum Gasteiger partial charge on any atom is -0.326 e. The van der Waals surface area contributed by atoms with Crippen molar-refractivity contribution < 1.29 is 14.4 Å². The van der Waals surface area contributed by atoms with Gasteiger partial charge in [0.1, 0.15) is 0 Å². The van der Waals surface area contributed by atoms with Gasteiger partial charge in [0.05, 0.1) is 11.3 Å². The number of rotatable bonds is 2. The molecular weight excluding hydrogens is 246 g/mol. The molecule has 0 unspecified atom stereocenters. The highest BCUT2D eigenvalue weighted by atomic mass is 32.2. The largest absolute Gasteiger partial charge is 0.363 e. The summed E-state index contributed by atoms with van der Waals surface area (Å²) in [5, 5.41) is 0.870. The van der Waals surface area contributed by atoms with Crippen molar-refractivity contribution in [3.8, 4) is 0 Å². The van der Waals surface area contributed by atoms with Gasteiger partial charge in [-0.15, -0.1) is 5.06 Å². The highest BCUT2D eigenvalue weighted by molar-refractivity contribution is 8.23. The van der Waals surface area contributed by atoms with Crippen molar-refractivity contribution in [2.24, 2.45) is 0 Å². The van der Waals surface area contributed by atoms with Crippen molar-refractivity contribution in [1.29, 1.82) is 0 Å². The van der Waals surface area contributed by atoms with Gasteiger partial charge in [-0.2, -0.15) is 0 Å². The Morgan fingerprint density at radius 3 is 2.62 bits per heavy atom. The number of hydrogen-bond donors (Lipinski definition) is 0. The number of thioether (sulfide) groups is 1. The van der Waals surface area contributed by atoms with Crippen LogP contribution in [-0.2, 0) is 9.63 Å². The van der Waals surface area contributed by atoms with Crippen LogP contribution < -0.4 is 0 Å². The van der Waals surface area contributed by atoms with Gasteiger partial charge in [-0.1, -0.05) is 30.0 Å². The number of carbonyl (C=O) groups excluding carboxylic acids is 2. The fourth-order valence-electron chi connectivity index (χ4n) is 1.14. The smallest absolute Gasteiger partial charge is 0.326 e. The third kappa shape index (κ3) is 2.23. The van der Waals surface area contributed by atoms with Crippen LogP contribution in [0.15, 0.2) is 30.3 Å². The van der Waals surface area contributed by atoms with Gasteiger partial charge in [0, 0.05) is 0 Å². The van der Waals surface area contributed by atoms with Crippen LogP contribution in [0.1, 0.15) is 10.4 Å². The van der Waals surface area contributed by atoms with Crippen LogP contribution in [0.2, 0.25) is 0 Å². The van der Waals surface area contributed by atoms with Crippen LogP contribution in [0, 0.1) is 0 Å². The van der Waals surface area contributed by atoms with Gasteiger partial charge in [0.25, 0.3) is 5.91 Å². The molecule has 1 heterocycles. The maximum absolute atomic E-state index is 11.6. The Balaban J connectivity index is 2.08. The highest BCUT2D eigenvalue weighted by Gasteiger charge is 2.30. The van der Waals surface area contributed by atoms with Crippen LogP contribution in [-0.4, -0.2) is 27.0 Å². The molecule has 1 amide bonds. The highest BCUT2D eigenvalue weighted by Crippen LogP contribution is 2.20. The van der Waals surface area contributed by atoms with Crippen LogP contribution >= 0.6 is 24.0 Å². The maximum Gasteiger partial charge on any atom is 0.363 e. The minimum atomic E-state index is -0.584. The second-order valence-electron chi connectivity index (χ2n) is 2.99. The van der Waals surface area contributed by atoms with Crippen molar-refractivity contribution in [3.63, 3.8) is 0 Å². The molecule has 1 aliphatic rings. The number of hydroxylamine groups is 2. The molecular formula is C10H7NO3S2. The molecule has 1 aromatic rings. The number of benzene rings is 1. The van der Waals surface area contributed by atoms with E-state index in [1.165, 1.54) is 11.8 Å². The monoisotopic (exact) mass is 253 g/mol. The van der Waals surface area contributed by atoms with Crippen molar-refractivity contribution in [2.45, 2.75) is 0 Å². The molecule has 0 radical (unpaired) electrons. The summed E-state index contributed by atoms with van der Waals surface area (Å²) in [6.07, 6.45) is 0. The van der Waals surface area contributed by atoms with Crippen LogP contribution in [0.3, 0.4) is 0 Å². The average Bonchev–Trinajstić information content (AvgIpc) is 2.62. The Hall–Kier alpha value is -1.40. The molecule has 82 valence electrons. The van der Waals surface area contributed by atoms with E-state index in [0.29, 0.717) is 5.56 Å². The van der Waals surface area contributed by atoms with Gasteiger partial charge >= 0.3 is 5.97 Å². The maximum atomic E-state index is 11.6. The molecule has 0 atom stereocenters. The van der Waals surface area contributed by atoms with Gasteiger partial charge in [-0.3, -0.25) is 4.79 Å².